The molecule has 2 aliphatic carbocycles. The summed E-state index contributed by atoms with van der Waals surface area (Å²) in [6, 6.07) is 16.5. The first-order valence-corrected chi connectivity index (χ1v) is 8.87. The zero-order valence-electron chi connectivity index (χ0n) is 14.4. The standard InChI is InChI=1S/C21H23NO3/c1-21(24,14-10-11-14)13-22-20(23)25-12-19-17-8-4-2-6-15(17)16-7-3-5-9-18(16)19/h2-9,14,19,24H,10-13H2,1H3,(H,22,23). The van der Waals surface area contributed by atoms with Gasteiger partial charge in [-0.3, -0.25) is 0 Å². The molecule has 4 nitrogen and oxygen atoms in total. The Kier molecular flexibility index (Phi) is 4.00. The molecule has 1 fully saturated rings. The predicted molar refractivity (Wildman–Crippen MR) is 96.4 cm³/mol. The molecule has 0 heterocycles. The van der Waals surface area contributed by atoms with E-state index in [0.29, 0.717) is 12.5 Å². The molecule has 1 amide bonds. The summed E-state index contributed by atoms with van der Waals surface area (Å²) < 4.78 is 5.47. The Labute approximate surface area is 147 Å². The Morgan fingerprint density at radius 3 is 2.24 bits per heavy atom. The zero-order valence-corrected chi connectivity index (χ0v) is 14.4. The molecule has 2 aromatic carbocycles. The van der Waals surface area contributed by atoms with Gasteiger partial charge in [0.25, 0.3) is 0 Å². The van der Waals surface area contributed by atoms with Crippen molar-refractivity contribution in [3.8, 4) is 11.1 Å². The van der Waals surface area contributed by atoms with Gasteiger partial charge in [-0.2, -0.15) is 0 Å². The minimum Gasteiger partial charge on any atom is -0.449 e. The Hall–Kier alpha value is -2.33. The van der Waals surface area contributed by atoms with Gasteiger partial charge in [-0.15, -0.1) is 0 Å². The smallest absolute Gasteiger partial charge is 0.407 e. The molecule has 0 radical (unpaired) electrons. The van der Waals surface area contributed by atoms with Crippen LogP contribution in [0.4, 0.5) is 4.79 Å². The summed E-state index contributed by atoms with van der Waals surface area (Å²) in [5.41, 5.74) is 3.97. The van der Waals surface area contributed by atoms with Crippen molar-refractivity contribution < 1.29 is 14.6 Å². The van der Waals surface area contributed by atoms with Crippen molar-refractivity contribution in [2.75, 3.05) is 13.2 Å². The Bertz CT molecular complexity index is 750. The molecule has 4 heteroatoms. The van der Waals surface area contributed by atoms with Crippen LogP contribution in [-0.4, -0.2) is 30.0 Å². The van der Waals surface area contributed by atoms with Gasteiger partial charge in [0.2, 0.25) is 0 Å². The molecule has 2 N–H and O–H groups in total. The maximum Gasteiger partial charge on any atom is 0.407 e. The molecule has 0 aliphatic heterocycles. The van der Waals surface area contributed by atoms with Gasteiger partial charge in [-0.1, -0.05) is 48.5 Å². The number of carbonyl (C=O) groups excluding carboxylic acids is 1. The molecule has 0 bridgehead atoms. The third-order valence-electron chi connectivity index (χ3n) is 5.39. The Morgan fingerprint density at radius 2 is 1.68 bits per heavy atom. The van der Waals surface area contributed by atoms with E-state index in [1.54, 1.807) is 6.92 Å². The van der Waals surface area contributed by atoms with Gasteiger partial charge in [0, 0.05) is 12.5 Å². The molecule has 1 atom stereocenters. The highest BCUT2D eigenvalue weighted by Gasteiger charge is 2.40. The number of amides is 1. The van der Waals surface area contributed by atoms with Crippen LogP contribution in [0.3, 0.4) is 0 Å². The van der Waals surface area contributed by atoms with Crippen molar-refractivity contribution in [3.63, 3.8) is 0 Å². The molecule has 2 aliphatic rings. The van der Waals surface area contributed by atoms with Gasteiger partial charge in [0.1, 0.15) is 6.61 Å². The van der Waals surface area contributed by atoms with E-state index in [0.717, 1.165) is 12.8 Å². The van der Waals surface area contributed by atoms with Gasteiger partial charge in [-0.05, 0) is 47.9 Å². The van der Waals surface area contributed by atoms with Crippen LogP contribution in [0.25, 0.3) is 11.1 Å². The summed E-state index contributed by atoms with van der Waals surface area (Å²) in [7, 11) is 0. The highest BCUT2D eigenvalue weighted by molar-refractivity contribution is 5.79. The normalized spacial score (nSPS) is 18.2. The van der Waals surface area contributed by atoms with Crippen LogP contribution in [-0.2, 0) is 4.74 Å². The van der Waals surface area contributed by atoms with Crippen LogP contribution in [0.15, 0.2) is 48.5 Å². The molecule has 0 aromatic heterocycles. The van der Waals surface area contributed by atoms with Crippen molar-refractivity contribution in [3.05, 3.63) is 59.7 Å². The van der Waals surface area contributed by atoms with E-state index in [1.165, 1.54) is 22.3 Å². The number of alkyl carbamates (subject to hydrolysis) is 1. The largest absolute Gasteiger partial charge is 0.449 e. The minimum atomic E-state index is -0.842. The average Bonchev–Trinajstić information content (AvgIpc) is 3.43. The quantitative estimate of drug-likeness (QED) is 0.875. The minimum absolute atomic E-state index is 0.0575. The summed E-state index contributed by atoms with van der Waals surface area (Å²) in [5.74, 6) is 0.350. The highest BCUT2D eigenvalue weighted by atomic mass is 16.5. The van der Waals surface area contributed by atoms with Crippen molar-refractivity contribution in [1.29, 1.82) is 0 Å². The van der Waals surface area contributed by atoms with Gasteiger partial charge in [0.15, 0.2) is 0 Å². The van der Waals surface area contributed by atoms with Crippen molar-refractivity contribution in [2.24, 2.45) is 5.92 Å². The maximum atomic E-state index is 12.1. The second-order valence-electron chi connectivity index (χ2n) is 7.31. The van der Waals surface area contributed by atoms with E-state index in [4.69, 9.17) is 4.74 Å². The second-order valence-corrected chi connectivity index (χ2v) is 7.31. The van der Waals surface area contributed by atoms with Crippen molar-refractivity contribution in [2.45, 2.75) is 31.3 Å². The summed E-state index contributed by atoms with van der Waals surface area (Å²) in [6.07, 6.45) is 1.58. The topological polar surface area (TPSA) is 58.6 Å². The van der Waals surface area contributed by atoms with Crippen molar-refractivity contribution in [1.82, 2.24) is 5.32 Å². The zero-order chi connectivity index (χ0) is 17.4. The van der Waals surface area contributed by atoms with E-state index in [9.17, 15) is 9.90 Å². The first-order chi connectivity index (χ1) is 12.1. The molecule has 0 spiro atoms. The number of fused-ring (bicyclic) bond motifs is 3. The number of aliphatic hydroxyl groups is 1. The summed E-state index contributed by atoms with van der Waals surface area (Å²) in [6.45, 7) is 2.30. The lowest BCUT2D eigenvalue weighted by Gasteiger charge is -2.23. The van der Waals surface area contributed by atoms with Crippen LogP contribution < -0.4 is 5.32 Å². The monoisotopic (exact) mass is 337 g/mol. The number of nitrogens with one attached hydrogen (secondary N) is 1. The van der Waals surface area contributed by atoms with E-state index >= 15 is 0 Å². The SMILES string of the molecule is CC(O)(CNC(=O)OCC1c2ccccc2-c2ccccc21)C1CC1. The van der Waals surface area contributed by atoms with Crippen LogP contribution in [0.1, 0.15) is 36.8 Å². The predicted octanol–water partition coefficient (Wildman–Crippen LogP) is 3.69. The lowest BCUT2D eigenvalue weighted by Crippen LogP contribution is -2.42. The molecular formula is C21H23NO3. The lowest BCUT2D eigenvalue weighted by atomic mass is 9.98. The van der Waals surface area contributed by atoms with Gasteiger partial charge < -0.3 is 15.2 Å². The first-order valence-electron chi connectivity index (χ1n) is 8.87. The van der Waals surface area contributed by atoms with Crippen LogP contribution >= 0.6 is 0 Å². The third-order valence-corrected chi connectivity index (χ3v) is 5.39. The van der Waals surface area contributed by atoms with Gasteiger partial charge >= 0.3 is 6.09 Å². The molecule has 0 saturated heterocycles. The van der Waals surface area contributed by atoms with E-state index in [1.807, 2.05) is 24.3 Å². The molecule has 1 saturated carbocycles. The van der Waals surface area contributed by atoms with Gasteiger partial charge in [-0.25, -0.2) is 4.79 Å². The van der Waals surface area contributed by atoms with E-state index in [2.05, 4.69) is 29.6 Å². The number of carbonyl (C=O) groups is 1. The fourth-order valence-electron chi connectivity index (χ4n) is 3.75. The van der Waals surface area contributed by atoms with Crippen LogP contribution in [0.5, 0.6) is 0 Å². The number of rotatable bonds is 5. The van der Waals surface area contributed by atoms with Crippen LogP contribution in [0, 0.1) is 5.92 Å². The first kappa shape index (κ1) is 16.2. The fourth-order valence-corrected chi connectivity index (χ4v) is 3.75. The lowest BCUT2D eigenvalue weighted by molar-refractivity contribution is 0.0350. The molecule has 25 heavy (non-hydrogen) atoms. The molecular weight excluding hydrogens is 314 g/mol. The number of benzene rings is 2. The number of hydrogen-bond donors (Lipinski definition) is 2. The van der Waals surface area contributed by atoms with Crippen LogP contribution in [0.2, 0.25) is 0 Å². The van der Waals surface area contributed by atoms with E-state index < -0.39 is 11.7 Å². The Morgan fingerprint density at radius 1 is 1.12 bits per heavy atom. The molecule has 2 aromatic rings. The van der Waals surface area contributed by atoms with Gasteiger partial charge in [0.05, 0.1) is 5.60 Å². The third kappa shape index (κ3) is 3.14. The summed E-state index contributed by atoms with van der Waals surface area (Å²) >= 11 is 0. The number of ether oxygens (including phenoxy) is 1. The van der Waals surface area contributed by atoms with Crippen molar-refractivity contribution >= 4 is 6.09 Å². The highest BCUT2D eigenvalue weighted by Crippen LogP contribution is 2.44. The maximum absolute atomic E-state index is 12.1. The summed E-state index contributed by atoms with van der Waals surface area (Å²) in [4.78, 5) is 12.1. The number of hydrogen-bond acceptors (Lipinski definition) is 3. The Balaban J connectivity index is 1.42. The average molecular weight is 337 g/mol. The second kappa shape index (κ2) is 6.19. The summed E-state index contributed by atoms with van der Waals surface area (Å²) in [5, 5.41) is 13.0. The molecule has 4 rings (SSSR count). The fraction of sp³-hybridized carbons (Fsp3) is 0.381. The molecule has 130 valence electrons. The van der Waals surface area contributed by atoms with E-state index in [-0.39, 0.29) is 12.5 Å². The molecule has 1 unspecified atom stereocenters.